The summed E-state index contributed by atoms with van der Waals surface area (Å²) in [5.41, 5.74) is 1.69. The third-order valence-corrected chi connectivity index (χ3v) is 2.02. The van der Waals surface area contributed by atoms with Gasteiger partial charge in [-0.2, -0.15) is 0 Å². The van der Waals surface area contributed by atoms with Gasteiger partial charge < -0.3 is 14.8 Å². The molecule has 0 saturated carbocycles. The van der Waals surface area contributed by atoms with Crippen molar-refractivity contribution in [1.29, 1.82) is 0 Å². The van der Waals surface area contributed by atoms with Crippen LogP contribution in [0.1, 0.15) is 5.56 Å². The predicted octanol–water partition coefficient (Wildman–Crippen LogP) is 2.20. The van der Waals surface area contributed by atoms with Crippen molar-refractivity contribution >= 4 is 17.1 Å². The molecule has 1 aromatic heterocycles. The van der Waals surface area contributed by atoms with E-state index in [4.69, 9.17) is 9.52 Å². The summed E-state index contributed by atoms with van der Waals surface area (Å²) >= 11 is 0. The van der Waals surface area contributed by atoms with Gasteiger partial charge in [-0.25, -0.2) is 4.79 Å². The molecule has 0 radical (unpaired) electrons. The van der Waals surface area contributed by atoms with Crippen LogP contribution >= 0.6 is 0 Å². The highest BCUT2D eigenvalue weighted by atomic mass is 16.4. The van der Waals surface area contributed by atoms with E-state index < -0.39 is 6.09 Å². The van der Waals surface area contributed by atoms with Crippen molar-refractivity contribution in [3.8, 4) is 0 Å². The van der Waals surface area contributed by atoms with E-state index in [2.05, 4.69) is 5.32 Å². The zero-order valence-corrected chi connectivity index (χ0v) is 7.36. The summed E-state index contributed by atoms with van der Waals surface area (Å²) in [7, 11) is 0. The van der Waals surface area contributed by atoms with Crippen molar-refractivity contribution in [3.63, 3.8) is 0 Å². The van der Waals surface area contributed by atoms with Crippen LogP contribution < -0.4 is 5.32 Å². The zero-order valence-electron chi connectivity index (χ0n) is 7.36. The van der Waals surface area contributed by atoms with Gasteiger partial charge in [0.05, 0.1) is 6.26 Å². The maximum Gasteiger partial charge on any atom is 0.404 e. The number of furan rings is 1. The minimum absolute atomic E-state index is 0.298. The van der Waals surface area contributed by atoms with E-state index in [1.807, 2.05) is 24.3 Å². The van der Waals surface area contributed by atoms with Gasteiger partial charge in [0.1, 0.15) is 5.58 Å². The zero-order chi connectivity index (χ0) is 9.97. The number of hydrogen-bond acceptors (Lipinski definition) is 2. The molecule has 0 aliphatic rings. The average Bonchev–Trinajstić information content (AvgIpc) is 2.62. The molecule has 72 valence electrons. The molecule has 0 bridgehead atoms. The molecule has 2 N–H and O–H groups in total. The number of benzene rings is 1. The van der Waals surface area contributed by atoms with Gasteiger partial charge in [0.2, 0.25) is 0 Å². The molecule has 2 aromatic rings. The van der Waals surface area contributed by atoms with Gasteiger partial charge in [-0.15, -0.1) is 0 Å². The molecule has 1 aromatic carbocycles. The molecule has 0 unspecified atom stereocenters. The van der Waals surface area contributed by atoms with Crippen LogP contribution in [0, 0.1) is 0 Å². The van der Waals surface area contributed by atoms with E-state index in [9.17, 15) is 4.79 Å². The summed E-state index contributed by atoms with van der Waals surface area (Å²) in [5, 5.41) is 11.7. The lowest BCUT2D eigenvalue weighted by Crippen LogP contribution is -2.19. The van der Waals surface area contributed by atoms with Gasteiger partial charge in [-0.1, -0.05) is 12.1 Å². The van der Waals surface area contributed by atoms with E-state index >= 15 is 0 Å². The number of carbonyl (C=O) groups is 1. The van der Waals surface area contributed by atoms with Gasteiger partial charge in [-0.05, 0) is 17.7 Å². The monoisotopic (exact) mass is 191 g/mol. The van der Waals surface area contributed by atoms with Crippen molar-refractivity contribution in [1.82, 2.24) is 5.32 Å². The number of rotatable bonds is 2. The summed E-state index contributed by atoms with van der Waals surface area (Å²) < 4.78 is 5.19. The smallest absolute Gasteiger partial charge is 0.404 e. The molecule has 4 heteroatoms. The number of nitrogens with one attached hydrogen (secondary N) is 1. The second-order valence-corrected chi connectivity index (χ2v) is 2.91. The maximum atomic E-state index is 10.3. The third-order valence-electron chi connectivity index (χ3n) is 2.02. The van der Waals surface area contributed by atoms with Gasteiger partial charge in [0.15, 0.2) is 0 Å². The lowest BCUT2D eigenvalue weighted by atomic mass is 10.1. The van der Waals surface area contributed by atoms with Crippen LogP contribution in [0.4, 0.5) is 4.79 Å². The Bertz CT molecular complexity index is 461. The molecular weight excluding hydrogens is 182 g/mol. The quantitative estimate of drug-likeness (QED) is 0.764. The summed E-state index contributed by atoms with van der Waals surface area (Å²) in [5.74, 6) is 0. The second kappa shape index (κ2) is 3.41. The van der Waals surface area contributed by atoms with Crippen molar-refractivity contribution in [2.45, 2.75) is 6.54 Å². The predicted molar refractivity (Wildman–Crippen MR) is 51.1 cm³/mol. The van der Waals surface area contributed by atoms with Crippen LogP contribution in [0.15, 0.2) is 34.9 Å². The summed E-state index contributed by atoms with van der Waals surface area (Å²) in [6.07, 6.45) is 0.570. The molecule has 2 rings (SSSR count). The van der Waals surface area contributed by atoms with Crippen LogP contribution in [-0.2, 0) is 6.54 Å². The van der Waals surface area contributed by atoms with Crippen LogP contribution in [0.3, 0.4) is 0 Å². The normalized spacial score (nSPS) is 10.3. The van der Waals surface area contributed by atoms with Crippen molar-refractivity contribution in [3.05, 3.63) is 36.1 Å². The summed E-state index contributed by atoms with van der Waals surface area (Å²) in [6, 6.07) is 7.38. The summed E-state index contributed by atoms with van der Waals surface area (Å²) in [4.78, 5) is 10.3. The first-order chi connectivity index (χ1) is 6.77. The first kappa shape index (κ1) is 8.62. The van der Waals surface area contributed by atoms with Gasteiger partial charge in [-0.3, -0.25) is 0 Å². The van der Waals surface area contributed by atoms with Crippen molar-refractivity contribution in [2.24, 2.45) is 0 Å². The Morgan fingerprint density at radius 3 is 3.07 bits per heavy atom. The first-order valence-electron chi connectivity index (χ1n) is 4.19. The standard InChI is InChI=1S/C10H9NO3/c12-10(13)11-6-7-2-1-3-9-8(7)4-5-14-9/h1-5,11H,6H2,(H,12,13). The van der Waals surface area contributed by atoms with Crippen LogP contribution in [0.5, 0.6) is 0 Å². The molecule has 0 atom stereocenters. The van der Waals surface area contributed by atoms with Gasteiger partial charge in [0.25, 0.3) is 0 Å². The molecule has 0 aliphatic heterocycles. The molecule has 0 aliphatic carbocycles. The Kier molecular flexibility index (Phi) is 2.10. The SMILES string of the molecule is O=C(O)NCc1cccc2occc12. The molecule has 1 heterocycles. The highest BCUT2D eigenvalue weighted by Gasteiger charge is 2.03. The lowest BCUT2D eigenvalue weighted by molar-refractivity contribution is 0.194. The van der Waals surface area contributed by atoms with Gasteiger partial charge in [0, 0.05) is 11.9 Å². The molecule has 0 fully saturated rings. The number of hydrogen-bond donors (Lipinski definition) is 2. The van der Waals surface area contributed by atoms with E-state index in [1.165, 1.54) is 0 Å². The largest absolute Gasteiger partial charge is 0.465 e. The fourth-order valence-corrected chi connectivity index (χ4v) is 1.38. The third kappa shape index (κ3) is 1.54. The van der Waals surface area contributed by atoms with E-state index in [-0.39, 0.29) is 0 Å². The molecule has 0 saturated heterocycles. The van der Waals surface area contributed by atoms with Crippen molar-refractivity contribution in [2.75, 3.05) is 0 Å². The highest BCUT2D eigenvalue weighted by molar-refractivity contribution is 5.81. The first-order valence-corrected chi connectivity index (χ1v) is 4.19. The van der Waals surface area contributed by atoms with E-state index in [0.717, 1.165) is 16.5 Å². The van der Waals surface area contributed by atoms with E-state index in [0.29, 0.717) is 6.54 Å². The van der Waals surface area contributed by atoms with E-state index in [1.54, 1.807) is 6.26 Å². The maximum absolute atomic E-state index is 10.3. The molecular formula is C10H9NO3. The number of fused-ring (bicyclic) bond motifs is 1. The van der Waals surface area contributed by atoms with Crippen LogP contribution in [0.2, 0.25) is 0 Å². The Hall–Kier alpha value is -1.97. The van der Waals surface area contributed by atoms with Crippen LogP contribution in [0.25, 0.3) is 11.0 Å². The molecule has 4 nitrogen and oxygen atoms in total. The Balaban J connectivity index is 2.32. The summed E-state index contributed by atoms with van der Waals surface area (Å²) in [6.45, 7) is 0.298. The Morgan fingerprint density at radius 2 is 2.29 bits per heavy atom. The molecule has 14 heavy (non-hydrogen) atoms. The molecule has 1 amide bonds. The fraction of sp³-hybridized carbons (Fsp3) is 0.100. The topological polar surface area (TPSA) is 62.5 Å². The lowest BCUT2D eigenvalue weighted by Gasteiger charge is -2.01. The number of amides is 1. The fourth-order valence-electron chi connectivity index (χ4n) is 1.38. The minimum Gasteiger partial charge on any atom is -0.465 e. The van der Waals surface area contributed by atoms with Gasteiger partial charge >= 0.3 is 6.09 Å². The second-order valence-electron chi connectivity index (χ2n) is 2.91. The Labute approximate surface area is 80.1 Å². The Morgan fingerprint density at radius 1 is 1.43 bits per heavy atom. The number of carboxylic acid groups (broad SMARTS) is 1. The molecule has 0 spiro atoms. The average molecular weight is 191 g/mol. The minimum atomic E-state index is -1.02. The van der Waals surface area contributed by atoms with Crippen LogP contribution in [-0.4, -0.2) is 11.2 Å². The highest BCUT2D eigenvalue weighted by Crippen LogP contribution is 2.19. The van der Waals surface area contributed by atoms with Crippen molar-refractivity contribution < 1.29 is 14.3 Å².